The van der Waals surface area contributed by atoms with Gasteiger partial charge in [-0.2, -0.15) is 5.10 Å². The standard InChI is InChI=1S/C19H35N5/c1-7-10-19(5)11-9-12-24(14-19)18(20-8-2)21-13-17-15(3)22-23(6)16(17)4/h7-14H2,1-6H3,(H,20,21). The van der Waals surface area contributed by atoms with Crippen molar-refractivity contribution < 1.29 is 0 Å². The maximum absolute atomic E-state index is 4.95. The quantitative estimate of drug-likeness (QED) is 0.663. The van der Waals surface area contributed by atoms with Gasteiger partial charge in [-0.15, -0.1) is 0 Å². The summed E-state index contributed by atoms with van der Waals surface area (Å²) in [6.45, 7) is 14.9. The largest absolute Gasteiger partial charge is 0.357 e. The number of nitrogens with zero attached hydrogens (tertiary/aromatic N) is 4. The predicted octanol–water partition coefficient (Wildman–Crippen LogP) is 3.40. The summed E-state index contributed by atoms with van der Waals surface area (Å²) in [5.41, 5.74) is 3.97. The Bertz CT molecular complexity index is 571. The minimum Gasteiger partial charge on any atom is -0.357 e. The van der Waals surface area contributed by atoms with Gasteiger partial charge in [-0.25, -0.2) is 4.99 Å². The van der Waals surface area contributed by atoms with Crippen molar-refractivity contribution >= 4 is 5.96 Å². The summed E-state index contributed by atoms with van der Waals surface area (Å²) in [7, 11) is 2.00. The number of aliphatic imine (C=N–C) groups is 1. The first-order chi connectivity index (χ1) is 11.4. The molecule has 1 fully saturated rings. The molecule has 1 atom stereocenters. The minimum absolute atomic E-state index is 0.420. The lowest BCUT2D eigenvalue weighted by molar-refractivity contribution is 0.142. The molecule has 5 nitrogen and oxygen atoms in total. The average molecular weight is 334 g/mol. The Kier molecular flexibility index (Phi) is 6.30. The van der Waals surface area contributed by atoms with Gasteiger partial charge in [0.2, 0.25) is 0 Å². The third kappa shape index (κ3) is 4.31. The van der Waals surface area contributed by atoms with Crippen LogP contribution in [0.15, 0.2) is 4.99 Å². The van der Waals surface area contributed by atoms with Crippen molar-refractivity contribution in [1.29, 1.82) is 0 Å². The molecule has 0 bridgehead atoms. The molecular weight excluding hydrogens is 298 g/mol. The van der Waals surface area contributed by atoms with E-state index in [0.717, 1.165) is 31.3 Å². The summed E-state index contributed by atoms with van der Waals surface area (Å²) < 4.78 is 1.95. The van der Waals surface area contributed by atoms with Gasteiger partial charge in [-0.1, -0.05) is 20.3 Å². The zero-order valence-corrected chi connectivity index (χ0v) is 16.4. The van der Waals surface area contributed by atoms with E-state index < -0.39 is 0 Å². The Morgan fingerprint density at radius 2 is 2.08 bits per heavy atom. The van der Waals surface area contributed by atoms with Crippen LogP contribution in [0.5, 0.6) is 0 Å². The van der Waals surface area contributed by atoms with Gasteiger partial charge in [0, 0.05) is 37.9 Å². The summed E-state index contributed by atoms with van der Waals surface area (Å²) in [6.07, 6.45) is 5.14. The maximum atomic E-state index is 4.95. The fourth-order valence-corrected chi connectivity index (χ4v) is 3.93. The Labute approximate surface area is 147 Å². The van der Waals surface area contributed by atoms with Crippen LogP contribution in [0.3, 0.4) is 0 Å². The Morgan fingerprint density at radius 1 is 1.33 bits per heavy atom. The first-order valence-electron chi connectivity index (χ1n) is 9.42. The summed E-state index contributed by atoms with van der Waals surface area (Å²) in [6, 6.07) is 0. The van der Waals surface area contributed by atoms with Crippen molar-refractivity contribution in [3.63, 3.8) is 0 Å². The molecule has 1 N–H and O–H groups in total. The van der Waals surface area contributed by atoms with Crippen molar-refractivity contribution in [2.24, 2.45) is 17.5 Å². The fourth-order valence-electron chi connectivity index (χ4n) is 3.93. The molecule has 1 saturated heterocycles. The number of likely N-dealkylation sites (tertiary alicyclic amines) is 1. The van der Waals surface area contributed by atoms with E-state index in [0.29, 0.717) is 12.0 Å². The molecule has 1 aromatic rings. The molecule has 2 heterocycles. The molecule has 1 unspecified atom stereocenters. The smallest absolute Gasteiger partial charge is 0.194 e. The van der Waals surface area contributed by atoms with Crippen molar-refractivity contribution in [3.8, 4) is 0 Å². The number of rotatable bonds is 5. The van der Waals surface area contributed by atoms with E-state index >= 15 is 0 Å². The summed E-state index contributed by atoms with van der Waals surface area (Å²) in [4.78, 5) is 7.41. The van der Waals surface area contributed by atoms with E-state index in [1.807, 2.05) is 11.7 Å². The Morgan fingerprint density at radius 3 is 2.67 bits per heavy atom. The van der Waals surface area contributed by atoms with E-state index in [1.54, 1.807) is 0 Å². The molecule has 24 heavy (non-hydrogen) atoms. The minimum atomic E-state index is 0.420. The second-order valence-electron chi connectivity index (χ2n) is 7.53. The van der Waals surface area contributed by atoms with Crippen molar-refractivity contribution in [3.05, 3.63) is 17.0 Å². The Hall–Kier alpha value is -1.52. The number of hydrogen-bond acceptors (Lipinski definition) is 2. The highest BCUT2D eigenvalue weighted by molar-refractivity contribution is 5.80. The van der Waals surface area contributed by atoms with Gasteiger partial charge < -0.3 is 10.2 Å². The number of piperidine rings is 1. The average Bonchev–Trinajstić information content (AvgIpc) is 2.77. The van der Waals surface area contributed by atoms with Gasteiger partial charge in [0.1, 0.15) is 0 Å². The zero-order valence-electron chi connectivity index (χ0n) is 16.4. The highest BCUT2D eigenvalue weighted by atomic mass is 15.3. The monoisotopic (exact) mass is 333 g/mol. The molecule has 136 valence electrons. The second-order valence-corrected chi connectivity index (χ2v) is 7.53. The van der Waals surface area contributed by atoms with Crippen LogP contribution in [0.25, 0.3) is 0 Å². The normalized spacial score (nSPS) is 22.1. The summed E-state index contributed by atoms with van der Waals surface area (Å²) >= 11 is 0. The molecule has 0 amide bonds. The zero-order chi connectivity index (χ0) is 17.7. The highest BCUT2D eigenvalue weighted by Crippen LogP contribution is 2.34. The molecule has 1 aromatic heterocycles. The van der Waals surface area contributed by atoms with E-state index in [2.05, 4.69) is 49.9 Å². The molecule has 5 heteroatoms. The first-order valence-corrected chi connectivity index (χ1v) is 9.42. The van der Waals surface area contributed by atoms with Gasteiger partial charge in [-0.3, -0.25) is 4.68 Å². The first kappa shape index (κ1) is 18.8. The molecule has 0 saturated carbocycles. The number of aryl methyl sites for hydroxylation is 2. The van der Waals surface area contributed by atoms with Crippen LogP contribution < -0.4 is 5.32 Å². The van der Waals surface area contributed by atoms with E-state index in [9.17, 15) is 0 Å². The van der Waals surface area contributed by atoms with Crippen LogP contribution >= 0.6 is 0 Å². The van der Waals surface area contributed by atoms with Crippen LogP contribution in [-0.2, 0) is 13.6 Å². The van der Waals surface area contributed by atoms with Gasteiger partial charge in [-0.05, 0) is 45.4 Å². The second kappa shape index (κ2) is 8.04. The number of nitrogens with one attached hydrogen (secondary N) is 1. The molecule has 1 aliphatic rings. The molecule has 2 rings (SSSR count). The number of aromatic nitrogens is 2. The van der Waals surface area contributed by atoms with Crippen LogP contribution in [-0.4, -0.2) is 40.3 Å². The van der Waals surface area contributed by atoms with Crippen molar-refractivity contribution in [1.82, 2.24) is 20.0 Å². The molecular formula is C19H35N5. The lowest BCUT2D eigenvalue weighted by Crippen LogP contribution is -2.49. The predicted molar refractivity (Wildman–Crippen MR) is 101 cm³/mol. The maximum Gasteiger partial charge on any atom is 0.194 e. The van der Waals surface area contributed by atoms with Crippen LogP contribution in [0.4, 0.5) is 0 Å². The molecule has 0 spiro atoms. The van der Waals surface area contributed by atoms with Gasteiger partial charge in [0.05, 0.1) is 12.2 Å². The van der Waals surface area contributed by atoms with Crippen molar-refractivity contribution in [2.45, 2.75) is 66.8 Å². The van der Waals surface area contributed by atoms with Crippen LogP contribution in [0.2, 0.25) is 0 Å². The number of hydrogen-bond donors (Lipinski definition) is 1. The van der Waals surface area contributed by atoms with Crippen LogP contribution in [0.1, 0.15) is 63.4 Å². The summed E-state index contributed by atoms with van der Waals surface area (Å²) in [5, 5.41) is 8.00. The fraction of sp³-hybridized carbons (Fsp3) is 0.789. The third-order valence-electron chi connectivity index (χ3n) is 5.31. The third-order valence-corrected chi connectivity index (χ3v) is 5.31. The highest BCUT2D eigenvalue weighted by Gasteiger charge is 2.31. The summed E-state index contributed by atoms with van der Waals surface area (Å²) in [5.74, 6) is 1.06. The van der Waals surface area contributed by atoms with E-state index in [1.165, 1.54) is 36.9 Å². The Balaban J connectivity index is 2.16. The van der Waals surface area contributed by atoms with E-state index in [-0.39, 0.29) is 0 Å². The molecule has 0 aromatic carbocycles. The lowest BCUT2D eigenvalue weighted by Gasteiger charge is -2.42. The lowest BCUT2D eigenvalue weighted by atomic mass is 9.78. The van der Waals surface area contributed by atoms with Crippen LogP contribution in [0, 0.1) is 19.3 Å². The van der Waals surface area contributed by atoms with Gasteiger partial charge >= 0.3 is 0 Å². The molecule has 1 aliphatic heterocycles. The van der Waals surface area contributed by atoms with Gasteiger partial charge in [0.25, 0.3) is 0 Å². The SMILES string of the molecule is CCCC1(C)CCCN(C(=NCc2c(C)nn(C)c2C)NCC)C1. The van der Waals surface area contributed by atoms with Crippen molar-refractivity contribution in [2.75, 3.05) is 19.6 Å². The van der Waals surface area contributed by atoms with E-state index in [4.69, 9.17) is 4.99 Å². The molecule has 0 aliphatic carbocycles. The topological polar surface area (TPSA) is 45.5 Å². The van der Waals surface area contributed by atoms with Gasteiger partial charge in [0.15, 0.2) is 5.96 Å². The molecule has 0 radical (unpaired) electrons. The number of guanidine groups is 1.